The molecule has 7 heteroatoms. The number of hydrogen-bond acceptors (Lipinski definition) is 6. The van der Waals surface area contributed by atoms with Crippen LogP contribution in [0.3, 0.4) is 0 Å². The van der Waals surface area contributed by atoms with Crippen LogP contribution in [0.5, 0.6) is 11.5 Å². The summed E-state index contributed by atoms with van der Waals surface area (Å²) in [4.78, 5) is 0. The lowest BCUT2D eigenvalue weighted by molar-refractivity contribution is 0.0728. The third-order valence-electron chi connectivity index (χ3n) is 3.26. The number of rotatable bonds is 4. The number of aliphatic hydroxyl groups is 1. The molecule has 0 radical (unpaired) electrons. The molecule has 1 aliphatic rings. The molecular formula is C13H19NO5S. The second-order valence-corrected chi connectivity index (χ2v) is 7.15. The molecule has 1 saturated heterocycles. The fraction of sp³-hybridized carbons (Fsp3) is 0.538. The molecule has 112 valence electrons. The van der Waals surface area contributed by atoms with Gasteiger partial charge in [-0.1, -0.05) is 6.07 Å². The molecule has 3 atom stereocenters. The highest BCUT2D eigenvalue weighted by atomic mass is 32.2. The van der Waals surface area contributed by atoms with Crippen LogP contribution >= 0.6 is 0 Å². The molecule has 2 unspecified atom stereocenters. The average molecular weight is 301 g/mol. The monoisotopic (exact) mass is 301 g/mol. The lowest BCUT2D eigenvalue weighted by Crippen LogP contribution is -2.30. The number of sulfone groups is 1. The van der Waals surface area contributed by atoms with E-state index in [1.807, 2.05) is 0 Å². The van der Waals surface area contributed by atoms with Crippen molar-refractivity contribution in [3.05, 3.63) is 23.8 Å². The molecule has 0 aromatic heterocycles. The Bertz CT molecular complexity index is 584. The Labute approximate surface area is 118 Å². The predicted octanol–water partition coefficient (Wildman–Crippen LogP) is 0.252. The summed E-state index contributed by atoms with van der Waals surface area (Å²) < 4.78 is 33.8. The first-order chi connectivity index (χ1) is 9.32. The van der Waals surface area contributed by atoms with Crippen LogP contribution in [0.25, 0.3) is 0 Å². The first-order valence-electron chi connectivity index (χ1n) is 6.31. The van der Waals surface area contributed by atoms with Gasteiger partial charge < -0.3 is 20.3 Å². The average Bonchev–Trinajstić information content (AvgIpc) is 2.61. The maximum Gasteiger partial charge on any atom is 0.156 e. The summed E-state index contributed by atoms with van der Waals surface area (Å²) in [6, 6.07) is 4.91. The van der Waals surface area contributed by atoms with Gasteiger partial charge >= 0.3 is 0 Å². The Morgan fingerprint density at radius 2 is 2.10 bits per heavy atom. The van der Waals surface area contributed by atoms with Crippen molar-refractivity contribution in [2.45, 2.75) is 25.2 Å². The van der Waals surface area contributed by atoms with E-state index >= 15 is 0 Å². The van der Waals surface area contributed by atoms with Crippen LogP contribution in [0.2, 0.25) is 0 Å². The van der Waals surface area contributed by atoms with E-state index in [0.29, 0.717) is 11.5 Å². The number of nitrogens with two attached hydrogens (primary N) is 1. The number of methoxy groups -OCH3 is 1. The fourth-order valence-electron chi connectivity index (χ4n) is 2.19. The third kappa shape index (κ3) is 3.23. The summed E-state index contributed by atoms with van der Waals surface area (Å²) in [5.41, 5.74) is 6.60. The van der Waals surface area contributed by atoms with Crippen molar-refractivity contribution in [2.75, 3.05) is 18.6 Å². The van der Waals surface area contributed by atoms with E-state index in [9.17, 15) is 13.5 Å². The molecule has 1 fully saturated rings. The van der Waals surface area contributed by atoms with Gasteiger partial charge in [0.25, 0.3) is 0 Å². The largest absolute Gasteiger partial charge is 0.497 e. The maximum absolute atomic E-state index is 11.5. The van der Waals surface area contributed by atoms with Crippen LogP contribution in [0.4, 0.5) is 0 Å². The topological polar surface area (TPSA) is 98.9 Å². The van der Waals surface area contributed by atoms with Gasteiger partial charge in [-0.15, -0.1) is 0 Å². The van der Waals surface area contributed by atoms with E-state index in [1.54, 1.807) is 25.1 Å². The Balaban J connectivity index is 2.28. The van der Waals surface area contributed by atoms with Crippen molar-refractivity contribution in [1.82, 2.24) is 0 Å². The number of benzene rings is 1. The van der Waals surface area contributed by atoms with Crippen molar-refractivity contribution in [2.24, 2.45) is 5.73 Å². The molecule has 6 nitrogen and oxygen atoms in total. The minimum atomic E-state index is -3.25. The number of aliphatic hydroxyl groups excluding tert-OH is 1. The van der Waals surface area contributed by atoms with Crippen LogP contribution < -0.4 is 15.2 Å². The quantitative estimate of drug-likeness (QED) is 0.827. The summed E-state index contributed by atoms with van der Waals surface area (Å²) in [5.74, 6) is 0.569. The van der Waals surface area contributed by atoms with Crippen LogP contribution in [0.15, 0.2) is 18.2 Å². The fourth-order valence-corrected chi connectivity index (χ4v) is 3.85. The van der Waals surface area contributed by atoms with Crippen LogP contribution in [-0.4, -0.2) is 44.3 Å². The maximum atomic E-state index is 11.5. The number of ether oxygens (including phenoxy) is 2. The lowest BCUT2D eigenvalue weighted by atomic mass is 10.1. The molecule has 0 bridgehead atoms. The molecule has 1 aromatic carbocycles. The molecule has 2 rings (SSSR count). The van der Waals surface area contributed by atoms with Crippen molar-refractivity contribution < 1.29 is 23.0 Å². The van der Waals surface area contributed by atoms with E-state index in [-0.39, 0.29) is 17.5 Å². The van der Waals surface area contributed by atoms with Gasteiger partial charge in [0.2, 0.25) is 0 Å². The molecule has 1 heterocycles. The van der Waals surface area contributed by atoms with Gasteiger partial charge in [-0.25, -0.2) is 8.42 Å². The van der Waals surface area contributed by atoms with E-state index in [4.69, 9.17) is 15.2 Å². The van der Waals surface area contributed by atoms with Crippen LogP contribution in [0, 0.1) is 0 Å². The van der Waals surface area contributed by atoms with Gasteiger partial charge in [0.1, 0.15) is 23.7 Å². The second-order valence-electron chi connectivity index (χ2n) is 4.99. The standard InChI is InChI=1S/C13H19NO5S/c1-8(14)10-4-3-9(18-2)5-12(10)19-13-7-20(16,17)6-11(13)15/h3-5,8,11,13,15H,6-7,14H2,1-2H3/t8-,11?,13?/m1/s1. The zero-order valence-electron chi connectivity index (χ0n) is 11.4. The van der Waals surface area contributed by atoms with Gasteiger partial charge in [0.05, 0.1) is 18.6 Å². The van der Waals surface area contributed by atoms with Gasteiger partial charge in [0, 0.05) is 17.7 Å². The first-order valence-corrected chi connectivity index (χ1v) is 8.13. The molecular weight excluding hydrogens is 282 g/mol. The minimum absolute atomic E-state index is 0.191. The molecule has 3 N–H and O–H groups in total. The van der Waals surface area contributed by atoms with Crippen molar-refractivity contribution in [3.63, 3.8) is 0 Å². The van der Waals surface area contributed by atoms with E-state index in [0.717, 1.165) is 5.56 Å². The molecule has 1 aromatic rings. The van der Waals surface area contributed by atoms with Crippen molar-refractivity contribution >= 4 is 9.84 Å². The van der Waals surface area contributed by atoms with Gasteiger partial charge in [-0.05, 0) is 13.0 Å². The SMILES string of the molecule is COc1ccc([C@@H](C)N)c(OC2CS(=O)(=O)CC2O)c1. The summed E-state index contributed by atoms with van der Waals surface area (Å²) in [6.07, 6.45) is -1.79. The second kappa shape index (κ2) is 5.59. The highest BCUT2D eigenvalue weighted by molar-refractivity contribution is 7.91. The minimum Gasteiger partial charge on any atom is -0.497 e. The highest BCUT2D eigenvalue weighted by Crippen LogP contribution is 2.31. The summed E-state index contributed by atoms with van der Waals surface area (Å²) in [5, 5.41) is 9.78. The van der Waals surface area contributed by atoms with Gasteiger partial charge in [-0.3, -0.25) is 0 Å². The predicted molar refractivity (Wildman–Crippen MR) is 74.7 cm³/mol. The van der Waals surface area contributed by atoms with E-state index in [1.165, 1.54) is 7.11 Å². The molecule has 20 heavy (non-hydrogen) atoms. The van der Waals surface area contributed by atoms with E-state index < -0.39 is 22.0 Å². The summed E-state index contributed by atoms with van der Waals surface area (Å²) in [6.45, 7) is 1.80. The van der Waals surface area contributed by atoms with Crippen molar-refractivity contribution in [3.8, 4) is 11.5 Å². The van der Waals surface area contributed by atoms with Gasteiger partial charge in [-0.2, -0.15) is 0 Å². The van der Waals surface area contributed by atoms with E-state index in [2.05, 4.69) is 0 Å². The Morgan fingerprint density at radius 1 is 1.40 bits per heavy atom. The molecule has 1 aliphatic heterocycles. The normalized spacial score (nSPS) is 26.2. The Hall–Kier alpha value is -1.31. The smallest absolute Gasteiger partial charge is 0.156 e. The zero-order valence-corrected chi connectivity index (χ0v) is 12.3. The molecule has 0 aliphatic carbocycles. The zero-order chi connectivity index (χ0) is 14.9. The molecule has 0 spiro atoms. The van der Waals surface area contributed by atoms with Crippen LogP contribution in [0.1, 0.15) is 18.5 Å². The number of hydrogen-bond donors (Lipinski definition) is 2. The van der Waals surface area contributed by atoms with Crippen molar-refractivity contribution in [1.29, 1.82) is 0 Å². The highest BCUT2D eigenvalue weighted by Gasteiger charge is 2.38. The Morgan fingerprint density at radius 3 is 2.60 bits per heavy atom. The molecule has 0 saturated carbocycles. The first kappa shape index (κ1) is 15.1. The Kier molecular flexibility index (Phi) is 4.22. The summed E-state index contributed by atoms with van der Waals surface area (Å²) in [7, 11) is -1.72. The summed E-state index contributed by atoms with van der Waals surface area (Å²) >= 11 is 0. The van der Waals surface area contributed by atoms with Crippen LogP contribution in [-0.2, 0) is 9.84 Å². The lowest BCUT2D eigenvalue weighted by Gasteiger charge is -2.20. The van der Waals surface area contributed by atoms with Gasteiger partial charge in [0.15, 0.2) is 9.84 Å². The third-order valence-corrected chi connectivity index (χ3v) is 4.95. The molecule has 0 amide bonds.